The fourth-order valence-corrected chi connectivity index (χ4v) is 26.3. The Hall–Kier alpha value is -9.34. The van der Waals surface area contributed by atoms with Crippen LogP contribution < -0.4 is 5.01 Å². The molecule has 30 aromatic carbocycles. The lowest BCUT2D eigenvalue weighted by molar-refractivity contribution is 0.303. The maximum Gasteiger partial charge on any atom is 0.130 e. The lowest BCUT2D eigenvalue weighted by Gasteiger charge is -2.60. The van der Waals surface area contributed by atoms with Gasteiger partial charge in [-0.3, -0.25) is 0 Å². The number of benzene rings is 20. The molecule has 0 N–H and O–H groups in total. The molecular formula is C74H11ClN2. The van der Waals surface area contributed by atoms with Crippen LogP contribution in [0.2, 0.25) is 5.02 Å². The summed E-state index contributed by atoms with van der Waals surface area (Å²) in [7, 11) is 0. The predicted octanol–water partition coefficient (Wildman–Crippen LogP) is 20.2. The van der Waals surface area contributed by atoms with Crippen LogP contribution >= 0.6 is 11.6 Å². The van der Waals surface area contributed by atoms with E-state index in [0.717, 1.165) is 11.4 Å². The summed E-state index contributed by atoms with van der Waals surface area (Å²) in [4.78, 5) is 0. The Morgan fingerprint density at radius 1 is 0.273 bits per heavy atom. The highest BCUT2D eigenvalue weighted by molar-refractivity contribution is 6.82. The van der Waals surface area contributed by atoms with Crippen molar-refractivity contribution in [3.8, 4) is 0 Å². The number of rotatable bonds is 2. The summed E-state index contributed by atoms with van der Waals surface area (Å²) in [6.07, 6.45) is 0.827. The lowest BCUT2D eigenvalue weighted by Crippen LogP contribution is -2.64. The Labute approximate surface area is 426 Å². The van der Waals surface area contributed by atoms with Crippen molar-refractivity contribution in [1.29, 1.82) is 0 Å². The van der Waals surface area contributed by atoms with Crippen molar-refractivity contribution < 1.29 is 0 Å². The zero-order valence-corrected chi connectivity index (χ0v) is 39.9. The molecule has 5 aliphatic rings. The molecule has 0 atom stereocenters. The highest BCUT2D eigenvalue weighted by Gasteiger charge is 2.74. The van der Waals surface area contributed by atoms with Gasteiger partial charge in [-0.1, -0.05) is 41.9 Å². The molecule has 0 fully saturated rings. The van der Waals surface area contributed by atoms with Gasteiger partial charge in [0.25, 0.3) is 0 Å². The molecule has 35 rings (SSSR count). The van der Waals surface area contributed by atoms with Gasteiger partial charge in [0, 0.05) is 22.6 Å². The van der Waals surface area contributed by atoms with Crippen molar-refractivity contribution in [3.05, 3.63) is 87.4 Å². The van der Waals surface area contributed by atoms with Gasteiger partial charge in [0.05, 0.1) is 16.8 Å². The van der Waals surface area contributed by atoms with E-state index in [1.807, 2.05) is 0 Å². The molecule has 1 heterocycles. The van der Waals surface area contributed by atoms with Crippen LogP contribution in [0.15, 0.2) is 59.7 Å². The van der Waals surface area contributed by atoms with E-state index >= 15 is 0 Å². The molecule has 2 nitrogen and oxygen atoms in total. The molecule has 2 spiro atoms. The normalized spacial score (nSPS) is 21.7. The highest BCUT2D eigenvalue weighted by atomic mass is 35.5. The van der Waals surface area contributed by atoms with Crippen LogP contribution in [0, 0.1) is 0 Å². The molecule has 1 aliphatic heterocycles. The second-order valence-corrected chi connectivity index (χ2v) is 27.7. The summed E-state index contributed by atoms with van der Waals surface area (Å²) in [5, 5.41) is 97.4. The van der Waals surface area contributed by atoms with Crippen LogP contribution in [0.1, 0.15) is 34.2 Å². The van der Waals surface area contributed by atoms with Gasteiger partial charge in [-0.15, -0.1) is 0 Å². The summed E-state index contributed by atoms with van der Waals surface area (Å²) < 4.78 is 0. The average molecular weight is 963 g/mol. The molecule has 4 aliphatic carbocycles. The van der Waals surface area contributed by atoms with Crippen molar-refractivity contribution >= 4 is 314 Å². The summed E-state index contributed by atoms with van der Waals surface area (Å²) in [6.45, 7) is 0. The first-order chi connectivity index (χ1) is 38.3. The monoisotopic (exact) mass is 962 g/mol. The first-order valence-electron chi connectivity index (χ1n) is 28.2. The SMILES string of the molecule is Clc1ccc(C2=NN(c3ccccc3)C34c5c6c7c8c9c%10c(c%11c%12c3c3c5c5c%13c6c6c7c7c9c9c%14c%10c%10c%11c%11c%12c%12c3c3c5c5c%13c%13c6c6c7c9c7c9c%14c%10c%10c%11c%11c%12c3c3c5c5c%13c6c7c6c9c%10c%11c3c56)C84C2)cc1. The molecule has 30 aromatic rings. The largest absolute Gasteiger partial charge is 0.249 e. The number of hydrogen-bond donors (Lipinski definition) is 0. The number of para-hydroxylation sites is 1. The number of anilines is 1. The van der Waals surface area contributed by atoms with Crippen LogP contribution in [0.5, 0.6) is 0 Å². The molecule has 324 valence electrons. The van der Waals surface area contributed by atoms with Crippen molar-refractivity contribution in [3.63, 3.8) is 0 Å². The quantitative estimate of drug-likeness (QED) is 0.158. The number of hydrogen-bond acceptors (Lipinski definition) is 2. The van der Waals surface area contributed by atoms with Crippen molar-refractivity contribution in [1.82, 2.24) is 0 Å². The second-order valence-electron chi connectivity index (χ2n) is 27.2. The van der Waals surface area contributed by atoms with E-state index in [2.05, 4.69) is 59.6 Å². The highest BCUT2D eigenvalue weighted by Crippen LogP contribution is 2.86. The summed E-state index contributed by atoms with van der Waals surface area (Å²) in [5.41, 5.74) is 8.91. The molecule has 0 radical (unpaired) electrons. The fourth-order valence-electron chi connectivity index (χ4n) is 26.2. The number of nitrogens with zero attached hydrogens (tertiary/aromatic N) is 2. The zero-order chi connectivity index (χ0) is 46.2. The number of hydrazone groups is 1. The minimum Gasteiger partial charge on any atom is -0.249 e. The molecular weight excluding hydrogens is 952 g/mol. The van der Waals surface area contributed by atoms with Gasteiger partial charge < -0.3 is 0 Å². The third-order valence-corrected chi connectivity index (χ3v) is 26.8. The van der Waals surface area contributed by atoms with Crippen LogP contribution in [0.3, 0.4) is 0 Å². The van der Waals surface area contributed by atoms with Crippen molar-refractivity contribution in [2.75, 3.05) is 5.01 Å². The molecule has 0 amide bonds. The van der Waals surface area contributed by atoms with Crippen LogP contribution in [0.4, 0.5) is 5.69 Å². The Morgan fingerprint density at radius 3 is 0.766 bits per heavy atom. The van der Waals surface area contributed by atoms with E-state index in [-0.39, 0.29) is 0 Å². The van der Waals surface area contributed by atoms with Gasteiger partial charge >= 0.3 is 0 Å². The van der Waals surface area contributed by atoms with Gasteiger partial charge in [-0.05, 0) is 332 Å². The lowest BCUT2D eigenvalue weighted by atomic mass is 9.50. The van der Waals surface area contributed by atoms with Crippen LogP contribution in [-0.2, 0) is 11.0 Å². The van der Waals surface area contributed by atoms with Gasteiger partial charge in [0.2, 0.25) is 0 Å². The topological polar surface area (TPSA) is 15.6 Å². The van der Waals surface area contributed by atoms with E-state index in [4.69, 9.17) is 16.7 Å². The average Bonchev–Trinajstić information content (AvgIpc) is 1.64. The van der Waals surface area contributed by atoms with Crippen LogP contribution in [0.25, 0.3) is 291 Å². The Morgan fingerprint density at radius 2 is 0.506 bits per heavy atom. The molecule has 0 bridgehead atoms. The fraction of sp³-hybridized carbons (Fsp3) is 0.0405. The van der Waals surface area contributed by atoms with E-state index in [1.54, 1.807) is 313 Å². The maximum atomic E-state index is 6.86. The van der Waals surface area contributed by atoms with Crippen molar-refractivity contribution in [2.45, 2.75) is 17.4 Å². The predicted molar refractivity (Wildman–Crippen MR) is 325 cm³/mol. The van der Waals surface area contributed by atoms with Crippen molar-refractivity contribution in [2.24, 2.45) is 5.10 Å². The van der Waals surface area contributed by atoms with Gasteiger partial charge in [0.15, 0.2) is 0 Å². The molecule has 3 heteroatoms. The molecule has 77 heavy (non-hydrogen) atoms. The third-order valence-electron chi connectivity index (χ3n) is 26.6. The van der Waals surface area contributed by atoms with E-state index in [1.165, 1.54) is 17.0 Å². The first kappa shape index (κ1) is 29.7. The summed E-state index contributed by atoms with van der Waals surface area (Å²) in [6, 6.07) is 20.4. The van der Waals surface area contributed by atoms with Crippen LogP contribution in [-0.4, -0.2) is 5.71 Å². The van der Waals surface area contributed by atoms with E-state index < -0.39 is 11.0 Å². The molecule has 0 saturated heterocycles. The van der Waals surface area contributed by atoms with E-state index in [0.29, 0.717) is 0 Å². The Kier molecular flexibility index (Phi) is 2.70. The minimum absolute atomic E-state index is 0.509. The van der Waals surface area contributed by atoms with Gasteiger partial charge in [0.1, 0.15) is 5.54 Å². The van der Waals surface area contributed by atoms with Gasteiger partial charge in [-0.25, -0.2) is 5.01 Å². The number of halogens is 1. The maximum absolute atomic E-state index is 6.86. The minimum atomic E-state index is -0.671. The summed E-state index contributed by atoms with van der Waals surface area (Å²) in [5.74, 6) is 0. The Balaban J connectivity index is 1.10. The van der Waals surface area contributed by atoms with Gasteiger partial charge in [-0.2, -0.15) is 5.10 Å². The first-order valence-corrected chi connectivity index (χ1v) is 28.6. The standard InChI is InChI=1S/C74H11ClN2/c75-12-8-6-11(7-9-12)14-10-73-69-61-53-43-33-25-17-15-16-19-23-21(17)29-37-31(23)41-35-27(19)28-20(16)24-22-18(15)26(25)34-40-30(22)38-32(24)42-36(28)46-45(35)57-51(41)59-49(37)55(47(53)39(29)33)63(69)65(59)71-67(57)68-58(46)52(42)60-50(38)56-48(40)54(44(34)43)62(61)70(73)64(56)66(60)72(68)74(71,73)77(76-14)13-4-2-1-3-5-13/h1-9H,10H2. The van der Waals surface area contributed by atoms with E-state index in [9.17, 15) is 0 Å². The molecule has 0 unspecified atom stereocenters. The molecule has 0 saturated carbocycles. The second kappa shape index (κ2) is 7.00. The third kappa shape index (κ3) is 1.70. The smallest absolute Gasteiger partial charge is 0.130 e. The zero-order valence-electron chi connectivity index (χ0n) is 39.2. The Bertz CT molecular complexity index is 7700. The molecule has 0 aromatic heterocycles. The summed E-state index contributed by atoms with van der Waals surface area (Å²) >= 11 is 6.86.